The molecule has 1 unspecified atom stereocenters. The Labute approximate surface area is 114 Å². The quantitative estimate of drug-likeness (QED) is 0.827. The van der Waals surface area contributed by atoms with Crippen LogP contribution in [0, 0.1) is 0 Å². The number of likely N-dealkylation sites (N-methyl/N-ethyl adjacent to an activating group) is 1. The van der Waals surface area contributed by atoms with Gasteiger partial charge >= 0.3 is 0 Å². The zero-order chi connectivity index (χ0) is 13.1. The predicted octanol–water partition coefficient (Wildman–Crippen LogP) is 2.14. The van der Waals surface area contributed by atoms with E-state index in [1.54, 1.807) is 0 Å². The number of hydrogen-bond donors (Lipinski definition) is 1. The van der Waals surface area contributed by atoms with E-state index in [1.165, 1.54) is 0 Å². The summed E-state index contributed by atoms with van der Waals surface area (Å²) in [7, 11) is 0. The number of carbonyl (C=O) groups excluding carboxylic acids is 1. The van der Waals surface area contributed by atoms with Gasteiger partial charge in [0.1, 0.15) is 0 Å². The number of thiol groups is 1. The van der Waals surface area contributed by atoms with Gasteiger partial charge in [0, 0.05) is 36.1 Å². The van der Waals surface area contributed by atoms with E-state index in [-0.39, 0.29) is 5.91 Å². The van der Waals surface area contributed by atoms with Gasteiger partial charge in [-0.1, -0.05) is 13.0 Å². The first-order valence-electron chi connectivity index (χ1n) is 6.44. The van der Waals surface area contributed by atoms with Crippen LogP contribution >= 0.6 is 12.6 Å². The molecule has 2 rings (SSSR count). The Hall–Kier alpha value is -1.00. The lowest BCUT2D eigenvalue weighted by molar-refractivity contribution is 0.0528. The molecular formula is C14H20N2OS. The third kappa shape index (κ3) is 2.87. The molecule has 1 aromatic carbocycles. The molecule has 1 saturated heterocycles. The maximum Gasteiger partial charge on any atom is 0.253 e. The van der Waals surface area contributed by atoms with Crippen LogP contribution in [0.3, 0.4) is 0 Å². The standard InChI is InChI=1S/C14H20N2OS/c1-3-15-7-8-16(10-11(15)2)14(17)12-5-4-6-13(18)9-12/h4-6,9,11,18H,3,7-8,10H2,1-2H3. The lowest BCUT2D eigenvalue weighted by Gasteiger charge is -2.39. The smallest absolute Gasteiger partial charge is 0.253 e. The van der Waals surface area contributed by atoms with Crippen molar-refractivity contribution in [1.82, 2.24) is 9.80 Å². The summed E-state index contributed by atoms with van der Waals surface area (Å²) in [4.78, 5) is 17.5. The Morgan fingerprint density at radius 2 is 2.22 bits per heavy atom. The normalized spacial score (nSPS) is 21.1. The van der Waals surface area contributed by atoms with Gasteiger partial charge in [-0.05, 0) is 31.7 Å². The Morgan fingerprint density at radius 1 is 1.44 bits per heavy atom. The molecule has 1 aliphatic heterocycles. The summed E-state index contributed by atoms with van der Waals surface area (Å²) in [6.07, 6.45) is 0. The average molecular weight is 264 g/mol. The van der Waals surface area contributed by atoms with Crippen molar-refractivity contribution in [1.29, 1.82) is 0 Å². The number of rotatable bonds is 2. The molecular weight excluding hydrogens is 244 g/mol. The second kappa shape index (κ2) is 5.76. The lowest BCUT2D eigenvalue weighted by Crippen LogP contribution is -2.53. The number of amides is 1. The largest absolute Gasteiger partial charge is 0.336 e. The lowest BCUT2D eigenvalue weighted by atomic mass is 10.1. The summed E-state index contributed by atoms with van der Waals surface area (Å²) < 4.78 is 0. The molecule has 4 heteroatoms. The van der Waals surface area contributed by atoms with Gasteiger partial charge in [0.25, 0.3) is 5.91 Å². The maximum absolute atomic E-state index is 12.4. The third-order valence-corrected chi connectivity index (χ3v) is 3.83. The average Bonchev–Trinajstić information content (AvgIpc) is 2.37. The van der Waals surface area contributed by atoms with Crippen LogP contribution in [0.5, 0.6) is 0 Å². The number of piperazine rings is 1. The van der Waals surface area contributed by atoms with Gasteiger partial charge in [-0.3, -0.25) is 9.69 Å². The van der Waals surface area contributed by atoms with Crippen molar-refractivity contribution < 1.29 is 4.79 Å². The Kier molecular flexibility index (Phi) is 4.30. The molecule has 0 bridgehead atoms. The highest BCUT2D eigenvalue weighted by atomic mass is 32.1. The summed E-state index contributed by atoms with van der Waals surface area (Å²) in [6, 6.07) is 7.90. The van der Waals surface area contributed by atoms with Gasteiger partial charge in [0.2, 0.25) is 0 Å². The highest BCUT2D eigenvalue weighted by Crippen LogP contribution is 2.15. The predicted molar refractivity (Wildman–Crippen MR) is 76.3 cm³/mol. The molecule has 0 N–H and O–H groups in total. The molecule has 1 aliphatic rings. The zero-order valence-electron chi connectivity index (χ0n) is 11.0. The summed E-state index contributed by atoms with van der Waals surface area (Å²) in [5, 5.41) is 0. The van der Waals surface area contributed by atoms with Crippen LogP contribution in [0.4, 0.5) is 0 Å². The molecule has 0 spiro atoms. The molecule has 1 fully saturated rings. The van der Waals surface area contributed by atoms with Crippen LogP contribution in [0.2, 0.25) is 0 Å². The molecule has 0 radical (unpaired) electrons. The van der Waals surface area contributed by atoms with Gasteiger partial charge in [0.15, 0.2) is 0 Å². The van der Waals surface area contributed by atoms with Gasteiger partial charge in [-0.15, -0.1) is 12.6 Å². The highest BCUT2D eigenvalue weighted by molar-refractivity contribution is 7.80. The van der Waals surface area contributed by atoms with E-state index in [2.05, 4.69) is 31.4 Å². The van der Waals surface area contributed by atoms with Crippen molar-refractivity contribution in [3.8, 4) is 0 Å². The molecule has 1 heterocycles. The first-order chi connectivity index (χ1) is 8.61. The Balaban J connectivity index is 2.07. The number of carbonyl (C=O) groups is 1. The van der Waals surface area contributed by atoms with Crippen LogP contribution in [-0.2, 0) is 0 Å². The fourth-order valence-corrected chi connectivity index (χ4v) is 2.70. The van der Waals surface area contributed by atoms with Crippen molar-refractivity contribution in [3.05, 3.63) is 29.8 Å². The van der Waals surface area contributed by atoms with E-state index in [1.807, 2.05) is 29.2 Å². The number of hydrogen-bond acceptors (Lipinski definition) is 3. The summed E-state index contributed by atoms with van der Waals surface area (Å²) >= 11 is 4.28. The van der Waals surface area contributed by atoms with Crippen molar-refractivity contribution in [3.63, 3.8) is 0 Å². The van der Waals surface area contributed by atoms with E-state index in [9.17, 15) is 4.79 Å². The molecule has 3 nitrogen and oxygen atoms in total. The highest BCUT2D eigenvalue weighted by Gasteiger charge is 2.26. The number of benzene rings is 1. The van der Waals surface area contributed by atoms with Gasteiger partial charge < -0.3 is 4.90 Å². The molecule has 0 saturated carbocycles. The van der Waals surface area contributed by atoms with Gasteiger partial charge in [-0.2, -0.15) is 0 Å². The van der Waals surface area contributed by atoms with E-state index in [4.69, 9.17) is 0 Å². The molecule has 0 aromatic heterocycles. The van der Waals surface area contributed by atoms with Crippen molar-refractivity contribution in [2.24, 2.45) is 0 Å². The van der Waals surface area contributed by atoms with Gasteiger partial charge in [-0.25, -0.2) is 0 Å². The Bertz CT molecular complexity index is 436. The van der Waals surface area contributed by atoms with Crippen molar-refractivity contribution in [2.75, 3.05) is 26.2 Å². The summed E-state index contributed by atoms with van der Waals surface area (Å²) in [5.74, 6) is 0.119. The second-order valence-corrected chi connectivity index (χ2v) is 5.30. The minimum absolute atomic E-state index is 0.119. The first kappa shape index (κ1) is 13.4. The second-order valence-electron chi connectivity index (χ2n) is 4.78. The minimum atomic E-state index is 0.119. The monoisotopic (exact) mass is 264 g/mol. The van der Waals surface area contributed by atoms with Crippen LogP contribution < -0.4 is 0 Å². The summed E-state index contributed by atoms with van der Waals surface area (Å²) in [5.41, 5.74) is 0.736. The fraction of sp³-hybridized carbons (Fsp3) is 0.500. The summed E-state index contributed by atoms with van der Waals surface area (Å²) in [6.45, 7) is 7.98. The SMILES string of the molecule is CCN1CCN(C(=O)c2cccc(S)c2)CC1C. The first-order valence-corrected chi connectivity index (χ1v) is 6.89. The van der Waals surface area contributed by atoms with E-state index in [0.29, 0.717) is 6.04 Å². The molecule has 0 aliphatic carbocycles. The van der Waals surface area contributed by atoms with E-state index < -0.39 is 0 Å². The van der Waals surface area contributed by atoms with Crippen LogP contribution in [0.15, 0.2) is 29.2 Å². The molecule has 1 aromatic rings. The van der Waals surface area contributed by atoms with Crippen molar-refractivity contribution in [2.45, 2.75) is 24.8 Å². The molecule has 1 amide bonds. The Morgan fingerprint density at radius 3 is 2.83 bits per heavy atom. The van der Waals surface area contributed by atoms with Crippen molar-refractivity contribution >= 4 is 18.5 Å². The van der Waals surface area contributed by atoms with Crippen LogP contribution in [-0.4, -0.2) is 47.9 Å². The maximum atomic E-state index is 12.4. The molecule has 98 valence electrons. The molecule has 18 heavy (non-hydrogen) atoms. The topological polar surface area (TPSA) is 23.6 Å². The fourth-order valence-electron chi connectivity index (χ4n) is 2.47. The van der Waals surface area contributed by atoms with Gasteiger partial charge in [0.05, 0.1) is 0 Å². The number of nitrogens with zero attached hydrogens (tertiary/aromatic N) is 2. The van der Waals surface area contributed by atoms with E-state index >= 15 is 0 Å². The minimum Gasteiger partial charge on any atom is -0.336 e. The zero-order valence-corrected chi connectivity index (χ0v) is 11.9. The third-order valence-electron chi connectivity index (χ3n) is 3.55. The van der Waals surface area contributed by atoms with Crippen LogP contribution in [0.25, 0.3) is 0 Å². The van der Waals surface area contributed by atoms with Crippen LogP contribution in [0.1, 0.15) is 24.2 Å². The van der Waals surface area contributed by atoms with E-state index in [0.717, 1.165) is 36.6 Å². The molecule has 1 atom stereocenters.